The Hall–Kier alpha value is -0.780. The van der Waals surface area contributed by atoms with Gasteiger partial charge in [-0.15, -0.1) is 13.2 Å². The molecule has 0 bridgehead atoms. The molecule has 0 rings (SSSR count). The molecule has 0 aliphatic carbocycles. The Bertz CT molecular complexity index is 142. The van der Waals surface area contributed by atoms with Crippen molar-refractivity contribution < 1.29 is 0 Å². The van der Waals surface area contributed by atoms with E-state index in [2.05, 4.69) is 38.8 Å². The van der Waals surface area contributed by atoms with Crippen LogP contribution in [0.5, 0.6) is 0 Å². The Balaban J connectivity index is -0.000000376. The van der Waals surface area contributed by atoms with Crippen molar-refractivity contribution in [1.29, 1.82) is 0 Å². The number of hydrogen-bond donors (Lipinski definition) is 0. The van der Waals surface area contributed by atoms with Crippen LogP contribution in [0.3, 0.4) is 0 Å². The molecule has 0 aromatic heterocycles. The van der Waals surface area contributed by atoms with Gasteiger partial charge in [0.1, 0.15) is 0 Å². The third kappa shape index (κ3) is 23.2. The largest absolute Gasteiger partial charge is 0.106 e. The van der Waals surface area contributed by atoms with Crippen LogP contribution in [0.4, 0.5) is 0 Å². The van der Waals surface area contributed by atoms with Crippen molar-refractivity contribution >= 4 is 0 Å². The van der Waals surface area contributed by atoms with E-state index in [0.717, 1.165) is 0 Å². The van der Waals surface area contributed by atoms with Crippen molar-refractivity contribution in [3.63, 3.8) is 0 Å². The molecule has 0 aliphatic rings. The van der Waals surface area contributed by atoms with Gasteiger partial charge in [0.25, 0.3) is 0 Å². The molecule has 0 unspecified atom stereocenters. The normalized spacial score (nSPS) is 8.75. The number of hydrogen-bond acceptors (Lipinski definition) is 0. The summed E-state index contributed by atoms with van der Waals surface area (Å²) in [6.45, 7) is 18.3. The molecule has 0 N–H and O–H groups in total. The van der Waals surface area contributed by atoms with Gasteiger partial charge in [0.2, 0.25) is 0 Å². The van der Waals surface area contributed by atoms with E-state index in [-0.39, 0.29) is 0 Å². The summed E-state index contributed by atoms with van der Waals surface area (Å²) in [5.41, 5.74) is 1.27. The minimum atomic E-state index is 1.17. The first-order valence-electron chi connectivity index (χ1n) is 6.61. The van der Waals surface area contributed by atoms with Gasteiger partial charge in [0, 0.05) is 0 Å². The number of allylic oxidation sites excluding steroid dienone is 3. The summed E-state index contributed by atoms with van der Waals surface area (Å²) in [5.74, 6) is 0. The molecular weight excluding hydrogens is 192 g/mol. The summed E-state index contributed by atoms with van der Waals surface area (Å²) in [4.78, 5) is 0. The van der Waals surface area contributed by atoms with Crippen LogP contribution < -0.4 is 0 Å². The maximum absolute atomic E-state index is 3.98. The lowest BCUT2D eigenvalue weighted by Crippen LogP contribution is -1.79. The molecule has 0 saturated heterocycles. The molecular formula is C16H32. The van der Waals surface area contributed by atoms with Crippen molar-refractivity contribution in [3.8, 4) is 0 Å². The second-order valence-electron chi connectivity index (χ2n) is 3.32. The second-order valence-corrected chi connectivity index (χ2v) is 3.32. The van der Waals surface area contributed by atoms with Gasteiger partial charge >= 0.3 is 0 Å². The van der Waals surface area contributed by atoms with E-state index < -0.39 is 0 Å². The molecule has 0 heterocycles. The van der Waals surface area contributed by atoms with E-state index in [1.807, 2.05) is 20.8 Å². The van der Waals surface area contributed by atoms with E-state index in [1.54, 1.807) is 0 Å². The quantitative estimate of drug-likeness (QED) is 0.270. The van der Waals surface area contributed by atoms with Gasteiger partial charge in [-0.2, -0.15) is 0 Å². The van der Waals surface area contributed by atoms with E-state index in [0.29, 0.717) is 0 Å². The molecule has 0 radical (unpaired) electrons. The van der Waals surface area contributed by atoms with Gasteiger partial charge in [-0.25, -0.2) is 0 Å². The van der Waals surface area contributed by atoms with E-state index in [4.69, 9.17) is 0 Å². The molecule has 0 aliphatic heterocycles. The predicted octanol–water partition coefficient (Wildman–Crippen LogP) is 6.31. The summed E-state index contributed by atoms with van der Waals surface area (Å²) in [7, 11) is 0. The van der Waals surface area contributed by atoms with Crippen molar-refractivity contribution in [1.82, 2.24) is 0 Å². The minimum absolute atomic E-state index is 1.17. The summed E-state index contributed by atoms with van der Waals surface area (Å²) in [6, 6.07) is 0. The molecule has 0 aromatic carbocycles. The zero-order valence-corrected chi connectivity index (χ0v) is 12.0. The van der Waals surface area contributed by atoms with Crippen LogP contribution >= 0.6 is 0 Å². The van der Waals surface area contributed by atoms with Crippen LogP contribution in [0.1, 0.15) is 66.2 Å². The number of rotatable bonds is 7. The van der Waals surface area contributed by atoms with Crippen LogP contribution in [0, 0.1) is 0 Å². The molecule has 0 atom stereocenters. The van der Waals surface area contributed by atoms with Gasteiger partial charge in [-0.1, -0.05) is 70.8 Å². The fourth-order valence-electron chi connectivity index (χ4n) is 1.27. The first-order chi connectivity index (χ1) is 7.81. The Morgan fingerprint density at radius 2 is 1.50 bits per heavy atom. The van der Waals surface area contributed by atoms with Crippen LogP contribution in [0.2, 0.25) is 0 Å². The molecule has 16 heavy (non-hydrogen) atoms. The molecule has 0 fully saturated rings. The average Bonchev–Trinajstić information content (AvgIpc) is 2.34. The Kier molecular flexibility index (Phi) is 30.6. The SMILES string of the molecule is C=C.C=C(/C=C/C)CCCCCCC.CC. The first kappa shape index (κ1) is 20.6. The van der Waals surface area contributed by atoms with Crippen molar-refractivity contribution in [3.05, 3.63) is 37.5 Å². The summed E-state index contributed by atoms with van der Waals surface area (Å²) < 4.78 is 0. The molecule has 0 spiro atoms. The standard InChI is InChI=1S/C12H22.C2H6.C2H4/c1-4-6-7-8-9-11-12(3)10-5-2;2*1-2/h5,10H,3-4,6-9,11H2,1-2H3;1-2H3;1-2H2/b10-5+;;. The second kappa shape index (κ2) is 23.8. The predicted molar refractivity (Wildman–Crippen MR) is 79.9 cm³/mol. The average molecular weight is 224 g/mol. The lowest BCUT2D eigenvalue weighted by molar-refractivity contribution is 0.633. The summed E-state index contributed by atoms with van der Waals surface area (Å²) in [6.07, 6.45) is 12.1. The Morgan fingerprint density at radius 3 is 1.94 bits per heavy atom. The highest BCUT2D eigenvalue weighted by molar-refractivity contribution is 5.12. The fraction of sp³-hybridized carbons (Fsp3) is 0.625. The van der Waals surface area contributed by atoms with Crippen LogP contribution in [0.25, 0.3) is 0 Å². The van der Waals surface area contributed by atoms with Gasteiger partial charge in [-0.05, 0) is 19.8 Å². The monoisotopic (exact) mass is 224 g/mol. The van der Waals surface area contributed by atoms with E-state index in [9.17, 15) is 0 Å². The lowest BCUT2D eigenvalue weighted by Gasteiger charge is -1.99. The van der Waals surface area contributed by atoms with Crippen LogP contribution in [0.15, 0.2) is 37.5 Å². The molecule has 0 heteroatoms. The smallest absolute Gasteiger partial charge is 0.0285 e. The maximum Gasteiger partial charge on any atom is -0.0285 e. The van der Waals surface area contributed by atoms with Gasteiger partial charge in [0.15, 0.2) is 0 Å². The van der Waals surface area contributed by atoms with Gasteiger partial charge < -0.3 is 0 Å². The zero-order valence-electron chi connectivity index (χ0n) is 12.0. The van der Waals surface area contributed by atoms with Gasteiger partial charge in [-0.3, -0.25) is 0 Å². The Labute approximate surface area is 104 Å². The Morgan fingerprint density at radius 1 is 1.00 bits per heavy atom. The van der Waals surface area contributed by atoms with Crippen molar-refractivity contribution in [2.45, 2.75) is 66.2 Å². The van der Waals surface area contributed by atoms with Crippen molar-refractivity contribution in [2.75, 3.05) is 0 Å². The minimum Gasteiger partial charge on any atom is -0.106 e. The third-order valence-electron chi connectivity index (χ3n) is 2.00. The molecule has 96 valence electrons. The van der Waals surface area contributed by atoms with Gasteiger partial charge in [0.05, 0.1) is 0 Å². The first-order valence-corrected chi connectivity index (χ1v) is 6.61. The summed E-state index contributed by atoms with van der Waals surface area (Å²) in [5, 5.41) is 0. The zero-order chi connectivity index (χ0) is 13.2. The van der Waals surface area contributed by atoms with Crippen LogP contribution in [-0.4, -0.2) is 0 Å². The highest BCUT2D eigenvalue weighted by Crippen LogP contribution is 2.10. The molecule has 0 aromatic rings. The highest BCUT2D eigenvalue weighted by atomic mass is 14.0. The van der Waals surface area contributed by atoms with Crippen LogP contribution in [-0.2, 0) is 0 Å². The fourth-order valence-corrected chi connectivity index (χ4v) is 1.27. The molecule has 0 saturated carbocycles. The highest BCUT2D eigenvalue weighted by Gasteiger charge is 1.90. The summed E-state index contributed by atoms with van der Waals surface area (Å²) >= 11 is 0. The lowest BCUT2D eigenvalue weighted by atomic mass is 10.1. The number of unbranched alkanes of at least 4 members (excludes halogenated alkanes) is 4. The third-order valence-corrected chi connectivity index (χ3v) is 2.00. The maximum atomic E-state index is 3.98. The topological polar surface area (TPSA) is 0 Å². The van der Waals surface area contributed by atoms with E-state index in [1.165, 1.54) is 44.1 Å². The van der Waals surface area contributed by atoms with Crippen molar-refractivity contribution in [2.24, 2.45) is 0 Å². The molecule has 0 nitrogen and oxygen atoms in total. The molecule has 0 amide bonds. The van der Waals surface area contributed by atoms with E-state index >= 15 is 0 Å².